The maximum absolute atomic E-state index is 10.3. The smallest absolute Gasteiger partial charge is 0.160 e. The van der Waals surface area contributed by atoms with Crippen molar-refractivity contribution in [3.63, 3.8) is 0 Å². The minimum atomic E-state index is 0.175. The Hall–Kier alpha value is -6.61. The lowest BCUT2D eigenvalue weighted by Gasteiger charge is -2.39. The lowest BCUT2D eigenvalue weighted by molar-refractivity contribution is 0.319. The minimum Gasteiger partial charge on any atom is -0.454 e. The molecule has 7 aromatic carbocycles. The summed E-state index contributed by atoms with van der Waals surface area (Å²) in [5, 5.41) is 21.1. The standard InChI is InChI=1S/C46H28N4O/c47-24-26-13-19-40-35(21-26)36-22-28(44-37(25-48-44)27-14-16-31-29-7-1-4-10-38(29)49(40)42(31)23-27)15-20-41(36)50-39-11-5-2-8-30(39)33-17-18-34-32-9-3-6-12-43(32)51-46(34)45(33)50/h1-23,37,44,48H,25H2. The number of benzene rings is 7. The van der Waals surface area contributed by atoms with E-state index in [1.54, 1.807) is 0 Å². The van der Waals surface area contributed by atoms with Gasteiger partial charge in [0, 0.05) is 61.9 Å². The molecule has 1 fully saturated rings. The predicted molar refractivity (Wildman–Crippen MR) is 206 cm³/mol. The highest BCUT2D eigenvalue weighted by Crippen LogP contribution is 2.47. The Labute approximate surface area is 292 Å². The Morgan fingerprint density at radius 1 is 0.569 bits per heavy atom. The van der Waals surface area contributed by atoms with Crippen LogP contribution in [0.5, 0.6) is 0 Å². The molecule has 1 saturated heterocycles. The van der Waals surface area contributed by atoms with Gasteiger partial charge in [0.1, 0.15) is 5.58 Å². The number of para-hydroxylation sites is 3. The van der Waals surface area contributed by atoms with Gasteiger partial charge in [-0.1, -0.05) is 78.9 Å². The molecule has 2 atom stereocenters. The van der Waals surface area contributed by atoms with Gasteiger partial charge in [-0.3, -0.25) is 0 Å². The number of nitrogens with zero attached hydrogens (tertiary/aromatic N) is 3. The Bertz CT molecular complexity index is 3190. The van der Waals surface area contributed by atoms with Crippen molar-refractivity contribution < 1.29 is 4.42 Å². The fraction of sp³-hybridized carbons (Fsp3) is 0.0652. The molecule has 2 aliphatic rings. The lowest BCUT2D eigenvalue weighted by atomic mass is 9.80. The van der Waals surface area contributed by atoms with Crippen molar-refractivity contribution in [2.45, 2.75) is 12.0 Å². The predicted octanol–water partition coefficient (Wildman–Crippen LogP) is 11.1. The Balaban J connectivity index is 1.27. The van der Waals surface area contributed by atoms with Gasteiger partial charge in [-0.2, -0.15) is 5.26 Å². The van der Waals surface area contributed by atoms with E-state index in [1.807, 2.05) is 12.1 Å². The molecule has 2 aliphatic heterocycles. The number of aromatic nitrogens is 2. The van der Waals surface area contributed by atoms with Crippen LogP contribution in [0.15, 0.2) is 144 Å². The summed E-state index contributed by atoms with van der Waals surface area (Å²) in [6, 6.07) is 52.8. The fourth-order valence-electron chi connectivity index (χ4n) is 9.15. The minimum absolute atomic E-state index is 0.175. The zero-order chi connectivity index (χ0) is 33.4. The maximum Gasteiger partial charge on any atom is 0.160 e. The molecule has 1 N–H and O–H groups in total. The van der Waals surface area contributed by atoms with Crippen LogP contribution in [0.3, 0.4) is 0 Å². The van der Waals surface area contributed by atoms with Crippen LogP contribution in [0.25, 0.3) is 88.1 Å². The summed E-state index contributed by atoms with van der Waals surface area (Å²) in [4.78, 5) is 0. The number of rotatable bonds is 1. The molecule has 2 unspecified atom stereocenters. The van der Waals surface area contributed by atoms with Crippen LogP contribution in [0, 0.1) is 11.3 Å². The van der Waals surface area contributed by atoms with E-state index in [-0.39, 0.29) is 6.04 Å². The lowest BCUT2D eigenvalue weighted by Crippen LogP contribution is -2.43. The van der Waals surface area contributed by atoms with E-state index < -0.39 is 0 Å². The first-order valence-electron chi connectivity index (χ1n) is 17.5. The number of furan rings is 1. The van der Waals surface area contributed by atoms with Gasteiger partial charge in [0.05, 0.1) is 45.1 Å². The Morgan fingerprint density at radius 3 is 2.04 bits per heavy atom. The fourth-order valence-corrected chi connectivity index (χ4v) is 9.15. The second kappa shape index (κ2) is 9.76. The molecule has 5 heterocycles. The van der Waals surface area contributed by atoms with E-state index >= 15 is 0 Å². The van der Waals surface area contributed by atoms with Crippen molar-refractivity contribution in [2.24, 2.45) is 0 Å². The SMILES string of the molecule is N#Cc1ccc2c(c1)-c1cc(ccc1-n1c3ccccc3c3ccc4c5ccccc5oc4c31)C1NCC1c1ccc3c4ccccc4n-2c3c1. The van der Waals surface area contributed by atoms with Crippen molar-refractivity contribution in [1.82, 2.24) is 14.5 Å². The number of fused-ring (bicyclic) bond motifs is 19. The average molecular weight is 653 g/mol. The van der Waals surface area contributed by atoms with Crippen molar-refractivity contribution in [1.29, 1.82) is 5.26 Å². The van der Waals surface area contributed by atoms with Gasteiger partial charge >= 0.3 is 0 Å². The van der Waals surface area contributed by atoms with Crippen molar-refractivity contribution in [3.8, 4) is 28.6 Å². The number of hydrogen-bond acceptors (Lipinski definition) is 3. The van der Waals surface area contributed by atoms with E-state index in [1.165, 1.54) is 32.8 Å². The summed E-state index contributed by atoms with van der Waals surface area (Å²) in [6.07, 6.45) is 0. The molecule has 0 amide bonds. The summed E-state index contributed by atoms with van der Waals surface area (Å²) in [5.41, 5.74) is 13.6. The monoisotopic (exact) mass is 652 g/mol. The molecule has 0 spiro atoms. The molecule has 0 radical (unpaired) electrons. The summed E-state index contributed by atoms with van der Waals surface area (Å²) in [5.74, 6) is 0.346. The largest absolute Gasteiger partial charge is 0.454 e. The molecular weight excluding hydrogens is 625 g/mol. The molecule has 238 valence electrons. The van der Waals surface area contributed by atoms with Crippen LogP contribution < -0.4 is 5.32 Å². The molecule has 4 bridgehead atoms. The zero-order valence-corrected chi connectivity index (χ0v) is 27.4. The van der Waals surface area contributed by atoms with Crippen LogP contribution in [0.4, 0.5) is 0 Å². The van der Waals surface area contributed by atoms with E-state index in [4.69, 9.17) is 4.42 Å². The third kappa shape index (κ3) is 3.52. The van der Waals surface area contributed by atoms with Gasteiger partial charge in [-0.25, -0.2) is 0 Å². The number of hydrogen-bond donors (Lipinski definition) is 1. The Morgan fingerprint density at radius 2 is 1.22 bits per heavy atom. The summed E-state index contributed by atoms with van der Waals surface area (Å²) < 4.78 is 11.5. The summed E-state index contributed by atoms with van der Waals surface area (Å²) in [7, 11) is 0. The Kier molecular flexibility index (Phi) is 5.21. The quantitative estimate of drug-likeness (QED) is 0.192. The van der Waals surface area contributed by atoms with E-state index in [0.29, 0.717) is 11.5 Å². The molecular formula is C46H28N4O. The number of nitriles is 1. The first-order valence-corrected chi connectivity index (χ1v) is 17.5. The molecule has 0 saturated carbocycles. The highest BCUT2D eigenvalue weighted by atomic mass is 16.3. The second-order valence-electron chi connectivity index (χ2n) is 14.0. The van der Waals surface area contributed by atoms with E-state index in [2.05, 4.69) is 148 Å². The van der Waals surface area contributed by atoms with Gasteiger partial charge in [-0.15, -0.1) is 0 Å². The zero-order valence-electron chi connectivity index (χ0n) is 27.4. The first-order chi connectivity index (χ1) is 25.2. The molecule has 0 aliphatic carbocycles. The average Bonchev–Trinajstić information content (AvgIpc) is 3.81. The third-order valence-electron chi connectivity index (χ3n) is 11.5. The molecule has 51 heavy (non-hydrogen) atoms. The highest BCUT2D eigenvalue weighted by Gasteiger charge is 2.35. The molecule has 12 rings (SSSR count). The highest BCUT2D eigenvalue weighted by molar-refractivity contribution is 6.21. The number of nitrogens with one attached hydrogen (secondary N) is 1. The van der Waals surface area contributed by atoms with Crippen LogP contribution in [-0.2, 0) is 0 Å². The molecule has 5 nitrogen and oxygen atoms in total. The van der Waals surface area contributed by atoms with E-state index in [0.717, 1.165) is 72.9 Å². The van der Waals surface area contributed by atoms with Crippen molar-refractivity contribution >= 4 is 65.6 Å². The van der Waals surface area contributed by atoms with Crippen LogP contribution in [0.1, 0.15) is 28.7 Å². The third-order valence-corrected chi connectivity index (χ3v) is 11.5. The summed E-state index contributed by atoms with van der Waals surface area (Å²) >= 11 is 0. The van der Waals surface area contributed by atoms with Crippen LogP contribution in [-0.4, -0.2) is 15.7 Å². The molecule has 3 aromatic heterocycles. The van der Waals surface area contributed by atoms with E-state index in [9.17, 15) is 5.26 Å². The van der Waals surface area contributed by atoms with Gasteiger partial charge < -0.3 is 18.9 Å². The van der Waals surface area contributed by atoms with Gasteiger partial charge in [0.25, 0.3) is 0 Å². The maximum atomic E-state index is 10.3. The topological polar surface area (TPSA) is 58.8 Å². The van der Waals surface area contributed by atoms with Crippen molar-refractivity contribution in [2.75, 3.05) is 6.54 Å². The van der Waals surface area contributed by atoms with Crippen LogP contribution in [0.2, 0.25) is 0 Å². The van der Waals surface area contributed by atoms with Crippen LogP contribution >= 0.6 is 0 Å². The second-order valence-corrected chi connectivity index (χ2v) is 14.0. The normalized spacial score (nSPS) is 16.5. The van der Waals surface area contributed by atoms with Gasteiger partial charge in [-0.05, 0) is 71.8 Å². The molecule has 5 heteroatoms. The first kappa shape index (κ1) is 27.2. The van der Waals surface area contributed by atoms with Crippen molar-refractivity contribution in [3.05, 3.63) is 156 Å². The summed E-state index contributed by atoms with van der Waals surface area (Å²) in [6.45, 7) is 0.927. The van der Waals surface area contributed by atoms with Gasteiger partial charge in [0.15, 0.2) is 5.58 Å². The molecule has 10 aromatic rings. The van der Waals surface area contributed by atoms with Gasteiger partial charge in [0.2, 0.25) is 0 Å².